The molecule has 1 amide bonds. The molecule has 0 saturated heterocycles. The minimum absolute atomic E-state index is 0.114. The van der Waals surface area contributed by atoms with Gasteiger partial charge in [0.25, 0.3) is 12.3 Å². The van der Waals surface area contributed by atoms with Crippen molar-refractivity contribution >= 4 is 26.6 Å². The van der Waals surface area contributed by atoms with Crippen molar-refractivity contribution in [2.45, 2.75) is 36.6 Å². The third-order valence-corrected chi connectivity index (χ3v) is 7.95. The predicted molar refractivity (Wildman–Crippen MR) is 134 cm³/mol. The van der Waals surface area contributed by atoms with E-state index in [1.165, 1.54) is 18.3 Å². The second-order valence-electron chi connectivity index (χ2n) is 8.82. The summed E-state index contributed by atoms with van der Waals surface area (Å²) in [7, 11) is -4.67. The van der Waals surface area contributed by atoms with Crippen LogP contribution in [0.2, 0.25) is 0 Å². The molecule has 9 nitrogen and oxygen atoms in total. The lowest BCUT2D eigenvalue weighted by molar-refractivity contribution is -0.0500. The molecule has 1 aromatic carbocycles. The fraction of sp³-hybridized carbons (Fsp3) is 0.231. The second kappa shape index (κ2) is 11.3. The molecule has 0 fully saturated rings. The number of aromatic nitrogens is 3. The number of nitrogens with one attached hydrogen (secondary N) is 1. The van der Waals surface area contributed by atoms with Crippen LogP contribution < -0.4 is 10.1 Å². The van der Waals surface area contributed by atoms with Crippen molar-refractivity contribution < 1.29 is 44.6 Å². The number of halogens is 5. The molecule has 4 heterocycles. The minimum Gasteiger partial charge on any atom is -0.433 e. The van der Waals surface area contributed by atoms with E-state index in [0.29, 0.717) is 28.0 Å². The molecule has 1 N–H and O–H groups in total. The zero-order valence-electron chi connectivity index (χ0n) is 20.7. The van der Waals surface area contributed by atoms with Crippen molar-refractivity contribution in [2.75, 3.05) is 6.61 Å². The number of amides is 1. The molecule has 15 heteroatoms. The van der Waals surface area contributed by atoms with Gasteiger partial charge in [-0.3, -0.25) is 14.8 Å². The van der Waals surface area contributed by atoms with E-state index in [4.69, 9.17) is 4.74 Å². The molecule has 1 atom stereocenters. The largest absolute Gasteiger partial charge is 0.433 e. The van der Waals surface area contributed by atoms with E-state index in [9.17, 15) is 35.2 Å². The zero-order chi connectivity index (χ0) is 29.3. The maximum atomic E-state index is 14.2. The number of hydrogen-bond donors (Lipinski definition) is 1. The third-order valence-electron chi connectivity index (χ3n) is 6.16. The molecule has 0 spiro atoms. The van der Waals surface area contributed by atoms with Crippen LogP contribution in [0.15, 0.2) is 59.8 Å². The van der Waals surface area contributed by atoms with E-state index in [1.807, 2.05) is 0 Å². The molecule has 0 unspecified atom stereocenters. The number of alkyl halides is 5. The van der Waals surface area contributed by atoms with E-state index in [2.05, 4.69) is 25.0 Å². The van der Waals surface area contributed by atoms with E-state index in [0.717, 1.165) is 18.3 Å². The Bertz CT molecular complexity index is 1720. The summed E-state index contributed by atoms with van der Waals surface area (Å²) in [6.07, 6.45) is -0.517. The van der Waals surface area contributed by atoms with Crippen LogP contribution >= 0.6 is 0 Å². The van der Waals surface area contributed by atoms with E-state index in [1.54, 1.807) is 18.2 Å². The van der Waals surface area contributed by atoms with Crippen LogP contribution in [0.1, 0.15) is 33.6 Å². The van der Waals surface area contributed by atoms with Crippen LogP contribution in [-0.4, -0.2) is 48.0 Å². The first-order chi connectivity index (χ1) is 19.5. The third kappa shape index (κ3) is 5.95. The normalized spacial score (nSPS) is 16.4. The lowest BCUT2D eigenvalue weighted by Gasteiger charge is -2.15. The van der Waals surface area contributed by atoms with Gasteiger partial charge >= 0.3 is 6.61 Å². The summed E-state index contributed by atoms with van der Waals surface area (Å²) >= 11 is 0. The Morgan fingerprint density at radius 1 is 1.05 bits per heavy atom. The Labute approximate surface area is 229 Å². The number of hydrogen-bond acceptors (Lipinski definition) is 8. The average molecular weight is 595 g/mol. The standard InChI is InChI=1S/C26H19F5N4O5S/c27-23-12-39-11-18-17(24(28)29)5-14(6-22(18)41(23,37)38)25(36)34-9-15-7-21-13(8-32-15)1-3-20(35-21)19-4-2-16(10-33-19)40-26(30)31/h1-8,10,23-24,26H,9,11-12H2,(H,34,36)/t23-/m1/s1. The van der Waals surface area contributed by atoms with Crippen molar-refractivity contribution in [3.05, 3.63) is 77.2 Å². The van der Waals surface area contributed by atoms with Gasteiger partial charge in [0.2, 0.25) is 15.3 Å². The molecule has 214 valence electrons. The molecule has 0 saturated carbocycles. The topological polar surface area (TPSA) is 120 Å². The predicted octanol–water partition coefficient (Wildman–Crippen LogP) is 4.76. The number of rotatable bonds is 7. The molecule has 5 rings (SSSR count). The van der Waals surface area contributed by atoms with Gasteiger partial charge in [0, 0.05) is 28.3 Å². The van der Waals surface area contributed by atoms with Crippen LogP contribution in [0.3, 0.4) is 0 Å². The Hall–Kier alpha value is -4.24. The summed E-state index contributed by atoms with van der Waals surface area (Å²) < 4.78 is 101. The maximum Gasteiger partial charge on any atom is 0.387 e. The Kier molecular flexibility index (Phi) is 7.82. The number of ether oxygens (including phenoxy) is 2. The van der Waals surface area contributed by atoms with E-state index in [-0.39, 0.29) is 17.9 Å². The number of carbonyl (C=O) groups is 1. The Balaban J connectivity index is 1.38. The monoisotopic (exact) mass is 594 g/mol. The number of nitrogens with zero attached hydrogens (tertiary/aromatic N) is 3. The fourth-order valence-corrected chi connectivity index (χ4v) is 5.52. The van der Waals surface area contributed by atoms with Gasteiger partial charge in [0.1, 0.15) is 5.75 Å². The SMILES string of the molecule is O=C(NCc1cc2nc(-c3ccc(OC(F)F)cn3)ccc2cn1)c1cc(C(F)F)c2c(c1)S(=O)(=O)[C@@H](F)COC2. The molecule has 0 aliphatic carbocycles. The maximum absolute atomic E-state index is 14.2. The molecule has 1 aliphatic heterocycles. The first-order valence-corrected chi connectivity index (χ1v) is 13.4. The number of sulfone groups is 1. The van der Waals surface area contributed by atoms with Crippen molar-refractivity contribution in [3.8, 4) is 17.1 Å². The summed E-state index contributed by atoms with van der Waals surface area (Å²) in [5, 5.41) is 3.13. The lowest BCUT2D eigenvalue weighted by atomic mass is 10.0. The highest BCUT2D eigenvalue weighted by atomic mass is 32.2. The van der Waals surface area contributed by atoms with Gasteiger partial charge in [-0.05, 0) is 42.5 Å². The molecular formula is C26H19F5N4O5S. The van der Waals surface area contributed by atoms with Crippen molar-refractivity contribution in [1.29, 1.82) is 0 Å². The average Bonchev–Trinajstić information content (AvgIpc) is 3.05. The number of carbonyl (C=O) groups excluding carboxylic acids is 1. The van der Waals surface area contributed by atoms with Gasteiger partial charge < -0.3 is 14.8 Å². The minimum atomic E-state index is -4.67. The van der Waals surface area contributed by atoms with Crippen LogP contribution in [0.25, 0.3) is 22.3 Å². The molecule has 41 heavy (non-hydrogen) atoms. The summed E-state index contributed by atoms with van der Waals surface area (Å²) in [6, 6.07) is 9.41. The second-order valence-corrected chi connectivity index (χ2v) is 10.9. The first kappa shape index (κ1) is 28.3. The highest BCUT2D eigenvalue weighted by Gasteiger charge is 2.36. The number of fused-ring (bicyclic) bond motifs is 2. The summed E-state index contributed by atoms with van der Waals surface area (Å²) in [4.78, 5) is 25.0. The highest BCUT2D eigenvalue weighted by Crippen LogP contribution is 2.34. The Morgan fingerprint density at radius 2 is 1.83 bits per heavy atom. The molecule has 1 aliphatic rings. The van der Waals surface area contributed by atoms with Gasteiger partial charge in [-0.2, -0.15) is 8.78 Å². The summed E-state index contributed by atoms with van der Waals surface area (Å²) in [5.41, 5.74) is -2.40. The van der Waals surface area contributed by atoms with Crippen molar-refractivity contribution in [3.63, 3.8) is 0 Å². The van der Waals surface area contributed by atoms with E-state index >= 15 is 0 Å². The first-order valence-electron chi connectivity index (χ1n) is 11.9. The van der Waals surface area contributed by atoms with Gasteiger partial charge in [-0.25, -0.2) is 26.6 Å². The summed E-state index contributed by atoms with van der Waals surface area (Å²) in [5.74, 6) is -0.998. The fourth-order valence-electron chi connectivity index (χ4n) is 4.16. The quantitative estimate of drug-likeness (QED) is 0.304. The Morgan fingerprint density at radius 3 is 2.54 bits per heavy atom. The van der Waals surface area contributed by atoms with Crippen LogP contribution in [0.4, 0.5) is 22.0 Å². The van der Waals surface area contributed by atoms with Gasteiger partial charge in [0.15, 0.2) is 0 Å². The number of benzene rings is 1. The molecule has 3 aromatic heterocycles. The highest BCUT2D eigenvalue weighted by molar-refractivity contribution is 7.92. The number of pyridine rings is 3. The van der Waals surface area contributed by atoms with Gasteiger partial charge in [0.05, 0.1) is 53.4 Å². The van der Waals surface area contributed by atoms with Crippen LogP contribution in [0.5, 0.6) is 5.75 Å². The molecule has 0 bridgehead atoms. The molecular weight excluding hydrogens is 575 g/mol. The lowest BCUT2D eigenvalue weighted by Crippen LogP contribution is -2.25. The van der Waals surface area contributed by atoms with Crippen molar-refractivity contribution in [2.24, 2.45) is 0 Å². The zero-order valence-corrected chi connectivity index (χ0v) is 21.5. The molecule has 4 aromatic rings. The molecule has 0 radical (unpaired) electrons. The van der Waals surface area contributed by atoms with Crippen molar-refractivity contribution in [1.82, 2.24) is 20.3 Å². The van der Waals surface area contributed by atoms with Crippen LogP contribution in [0, 0.1) is 0 Å². The smallest absolute Gasteiger partial charge is 0.387 e. The summed E-state index contributed by atoms with van der Waals surface area (Å²) in [6.45, 7) is -4.53. The van der Waals surface area contributed by atoms with E-state index < -0.39 is 63.5 Å². The van der Waals surface area contributed by atoms with Gasteiger partial charge in [-0.1, -0.05) is 0 Å². The van der Waals surface area contributed by atoms with Gasteiger partial charge in [-0.15, -0.1) is 0 Å². The van der Waals surface area contributed by atoms with Crippen LogP contribution in [-0.2, 0) is 27.7 Å².